The lowest BCUT2D eigenvalue weighted by molar-refractivity contribution is -0.114. The van der Waals surface area contributed by atoms with Gasteiger partial charge in [0.05, 0.1) is 11.7 Å². The molecule has 32 heavy (non-hydrogen) atoms. The number of benzene rings is 3. The third-order valence-electron chi connectivity index (χ3n) is 5.72. The van der Waals surface area contributed by atoms with E-state index in [1.165, 1.54) is 36.2 Å². The Kier molecular flexibility index (Phi) is 6.61. The minimum absolute atomic E-state index is 0.0233. The standard InChI is InChI=1S/C26H26FN3O2/c1-19(31)28-24-18-22(12-13-23(24)27)26(32)30-16-14-29(15-17-30)25(20-8-4-2-5-9-20)21-10-6-3-7-11-21/h2-13,18,25H,14-17H2,1H3,(H,28,31). The van der Waals surface area contributed by atoms with E-state index in [9.17, 15) is 14.0 Å². The van der Waals surface area contributed by atoms with Gasteiger partial charge >= 0.3 is 0 Å². The molecule has 1 aliphatic heterocycles. The van der Waals surface area contributed by atoms with Crippen LogP contribution in [0.2, 0.25) is 0 Å². The normalized spacial score (nSPS) is 14.4. The van der Waals surface area contributed by atoms with Crippen molar-refractivity contribution in [1.82, 2.24) is 9.80 Å². The van der Waals surface area contributed by atoms with E-state index in [2.05, 4.69) is 34.5 Å². The molecule has 0 radical (unpaired) electrons. The lowest BCUT2D eigenvalue weighted by Gasteiger charge is -2.39. The Morgan fingerprint density at radius 1 is 0.844 bits per heavy atom. The Hall–Kier alpha value is -3.51. The lowest BCUT2D eigenvalue weighted by Crippen LogP contribution is -2.49. The summed E-state index contributed by atoms with van der Waals surface area (Å²) in [7, 11) is 0. The summed E-state index contributed by atoms with van der Waals surface area (Å²) in [6.45, 7) is 3.90. The van der Waals surface area contributed by atoms with Crippen LogP contribution in [0.4, 0.5) is 10.1 Å². The highest BCUT2D eigenvalue weighted by molar-refractivity contribution is 5.97. The van der Waals surface area contributed by atoms with Gasteiger partial charge in [-0.25, -0.2) is 4.39 Å². The van der Waals surface area contributed by atoms with Crippen molar-refractivity contribution in [3.8, 4) is 0 Å². The SMILES string of the molecule is CC(=O)Nc1cc(C(=O)N2CCN(C(c3ccccc3)c3ccccc3)CC2)ccc1F. The molecule has 0 saturated carbocycles. The Balaban J connectivity index is 1.49. The molecule has 0 aliphatic carbocycles. The number of amides is 2. The second-order valence-corrected chi connectivity index (χ2v) is 7.93. The molecule has 3 aromatic carbocycles. The number of carbonyl (C=O) groups excluding carboxylic acids is 2. The van der Waals surface area contributed by atoms with Crippen LogP contribution in [0.1, 0.15) is 34.5 Å². The highest BCUT2D eigenvalue weighted by Crippen LogP contribution is 2.29. The fourth-order valence-electron chi connectivity index (χ4n) is 4.19. The second-order valence-electron chi connectivity index (χ2n) is 7.93. The zero-order valence-electron chi connectivity index (χ0n) is 18.0. The summed E-state index contributed by atoms with van der Waals surface area (Å²) in [5.74, 6) is -1.10. The number of nitrogens with zero attached hydrogens (tertiary/aromatic N) is 2. The first-order valence-electron chi connectivity index (χ1n) is 10.7. The topological polar surface area (TPSA) is 52.7 Å². The third kappa shape index (κ3) is 4.86. The minimum Gasteiger partial charge on any atom is -0.336 e. The number of hydrogen-bond acceptors (Lipinski definition) is 3. The van der Waals surface area contributed by atoms with Crippen LogP contribution in [0.25, 0.3) is 0 Å². The van der Waals surface area contributed by atoms with E-state index >= 15 is 0 Å². The maximum Gasteiger partial charge on any atom is 0.254 e. The van der Waals surface area contributed by atoms with Gasteiger partial charge < -0.3 is 10.2 Å². The molecule has 6 heteroatoms. The van der Waals surface area contributed by atoms with Crippen LogP contribution in [0, 0.1) is 5.82 Å². The lowest BCUT2D eigenvalue weighted by atomic mass is 9.96. The molecule has 0 spiro atoms. The zero-order valence-corrected chi connectivity index (χ0v) is 18.0. The Morgan fingerprint density at radius 2 is 1.41 bits per heavy atom. The maximum absolute atomic E-state index is 14.0. The van der Waals surface area contributed by atoms with Gasteiger partial charge in [-0.3, -0.25) is 14.5 Å². The zero-order chi connectivity index (χ0) is 22.5. The van der Waals surface area contributed by atoms with Crippen molar-refractivity contribution in [2.45, 2.75) is 13.0 Å². The molecule has 3 aromatic rings. The predicted molar refractivity (Wildman–Crippen MR) is 123 cm³/mol. The van der Waals surface area contributed by atoms with Crippen LogP contribution >= 0.6 is 0 Å². The molecule has 0 atom stereocenters. The van der Waals surface area contributed by atoms with Gasteiger partial charge in [-0.15, -0.1) is 0 Å². The molecule has 4 rings (SSSR count). The van der Waals surface area contributed by atoms with Gasteiger partial charge in [-0.1, -0.05) is 60.7 Å². The highest BCUT2D eigenvalue weighted by Gasteiger charge is 2.28. The molecule has 1 heterocycles. The number of carbonyl (C=O) groups is 2. The fraction of sp³-hybridized carbons (Fsp3) is 0.231. The average Bonchev–Trinajstić information content (AvgIpc) is 2.82. The second kappa shape index (κ2) is 9.75. The maximum atomic E-state index is 14.0. The van der Waals surface area contributed by atoms with E-state index in [-0.39, 0.29) is 23.5 Å². The van der Waals surface area contributed by atoms with E-state index in [0.29, 0.717) is 18.7 Å². The van der Waals surface area contributed by atoms with Crippen molar-refractivity contribution < 1.29 is 14.0 Å². The molecular formula is C26H26FN3O2. The summed E-state index contributed by atoms with van der Waals surface area (Å²) in [6, 6.07) is 25.0. The van der Waals surface area contributed by atoms with E-state index in [1.54, 1.807) is 4.90 Å². The molecule has 0 bridgehead atoms. The Morgan fingerprint density at radius 3 is 1.94 bits per heavy atom. The highest BCUT2D eigenvalue weighted by atomic mass is 19.1. The van der Waals surface area contributed by atoms with Crippen molar-refractivity contribution >= 4 is 17.5 Å². The molecule has 164 valence electrons. The fourth-order valence-corrected chi connectivity index (χ4v) is 4.19. The Labute approximate surface area is 187 Å². The van der Waals surface area contributed by atoms with Crippen LogP contribution < -0.4 is 5.32 Å². The van der Waals surface area contributed by atoms with E-state index < -0.39 is 5.82 Å². The first-order valence-corrected chi connectivity index (χ1v) is 10.7. The van der Waals surface area contributed by atoms with Crippen LogP contribution in [0.5, 0.6) is 0 Å². The molecule has 0 unspecified atom stereocenters. The summed E-state index contributed by atoms with van der Waals surface area (Å²) >= 11 is 0. The molecule has 2 amide bonds. The van der Waals surface area contributed by atoms with E-state index in [1.807, 2.05) is 36.4 Å². The van der Waals surface area contributed by atoms with Crippen molar-refractivity contribution in [1.29, 1.82) is 0 Å². The van der Waals surface area contributed by atoms with Crippen LogP contribution in [-0.4, -0.2) is 47.8 Å². The monoisotopic (exact) mass is 431 g/mol. The summed E-state index contributed by atoms with van der Waals surface area (Å²) in [4.78, 5) is 28.5. The van der Waals surface area contributed by atoms with Gasteiger partial charge in [0, 0.05) is 38.7 Å². The van der Waals surface area contributed by atoms with Crippen molar-refractivity contribution in [2.24, 2.45) is 0 Å². The third-order valence-corrected chi connectivity index (χ3v) is 5.72. The minimum atomic E-state index is -0.560. The van der Waals surface area contributed by atoms with Crippen LogP contribution in [-0.2, 0) is 4.79 Å². The summed E-state index contributed by atoms with van der Waals surface area (Å²) < 4.78 is 14.0. The summed E-state index contributed by atoms with van der Waals surface area (Å²) in [6.07, 6.45) is 0. The van der Waals surface area contributed by atoms with E-state index in [4.69, 9.17) is 0 Å². The average molecular weight is 432 g/mol. The summed E-state index contributed by atoms with van der Waals surface area (Å²) in [5.41, 5.74) is 2.83. The van der Waals surface area contributed by atoms with Gasteiger partial charge in [0.2, 0.25) is 5.91 Å². The van der Waals surface area contributed by atoms with Crippen molar-refractivity contribution in [2.75, 3.05) is 31.5 Å². The van der Waals surface area contributed by atoms with Gasteiger partial charge in [0.1, 0.15) is 5.82 Å². The molecule has 1 N–H and O–H groups in total. The number of piperazine rings is 1. The van der Waals surface area contributed by atoms with Crippen molar-refractivity contribution in [3.05, 3.63) is 101 Å². The Bertz CT molecular complexity index is 1040. The van der Waals surface area contributed by atoms with Gasteiger partial charge in [-0.2, -0.15) is 0 Å². The molecular weight excluding hydrogens is 405 g/mol. The number of anilines is 1. The number of halogens is 1. The largest absolute Gasteiger partial charge is 0.336 e. The van der Waals surface area contributed by atoms with Gasteiger partial charge in [-0.05, 0) is 29.3 Å². The molecule has 1 aliphatic rings. The van der Waals surface area contributed by atoms with Gasteiger partial charge in [0.15, 0.2) is 0 Å². The van der Waals surface area contributed by atoms with Crippen molar-refractivity contribution in [3.63, 3.8) is 0 Å². The smallest absolute Gasteiger partial charge is 0.254 e. The number of hydrogen-bond donors (Lipinski definition) is 1. The first-order chi connectivity index (χ1) is 15.5. The first kappa shape index (κ1) is 21.7. The van der Waals surface area contributed by atoms with E-state index in [0.717, 1.165) is 13.1 Å². The number of nitrogens with one attached hydrogen (secondary N) is 1. The molecule has 1 saturated heterocycles. The quantitative estimate of drug-likeness (QED) is 0.654. The van der Waals surface area contributed by atoms with Gasteiger partial charge in [0.25, 0.3) is 5.91 Å². The predicted octanol–water partition coefficient (Wildman–Crippen LogP) is 4.33. The van der Waals surface area contributed by atoms with Crippen LogP contribution in [0.3, 0.4) is 0 Å². The van der Waals surface area contributed by atoms with Crippen LogP contribution in [0.15, 0.2) is 78.9 Å². The summed E-state index contributed by atoms with van der Waals surface area (Å²) in [5, 5.41) is 2.44. The molecule has 1 fully saturated rings. The molecule has 0 aromatic heterocycles. The number of rotatable bonds is 5. The molecule has 5 nitrogen and oxygen atoms in total.